The van der Waals surface area contributed by atoms with Crippen molar-refractivity contribution in [2.45, 2.75) is 31.8 Å². The second-order valence-corrected chi connectivity index (χ2v) is 4.96. The molecule has 0 saturated carbocycles. The molecule has 1 saturated heterocycles. The smallest absolute Gasteiger partial charge is 0.221 e. The van der Waals surface area contributed by atoms with Gasteiger partial charge in [-0.3, -0.25) is 4.79 Å². The molecule has 1 rings (SSSR count). The molecule has 1 aliphatic rings. The Bertz CT molecular complexity index is 243. The van der Waals surface area contributed by atoms with Gasteiger partial charge in [-0.2, -0.15) is 11.8 Å². The number of carbonyl (C=O) groups is 1. The summed E-state index contributed by atoms with van der Waals surface area (Å²) in [7, 11) is 0. The Morgan fingerprint density at radius 1 is 1.80 bits per heavy atom. The van der Waals surface area contributed by atoms with Gasteiger partial charge in [0.25, 0.3) is 0 Å². The van der Waals surface area contributed by atoms with E-state index in [1.54, 1.807) is 0 Å². The molecular formula is C11H18N2OS. The lowest BCUT2D eigenvalue weighted by Gasteiger charge is -2.23. The summed E-state index contributed by atoms with van der Waals surface area (Å²) in [6, 6.07) is 0.403. The Morgan fingerprint density at radius 2 is 2.60 bits per heavy atom. The Kier molecular flexibility index (Phi) is 5.59. The Balaban J connectivity index is 2.20. The maximum absolute atomic E-state index is 11.6. The molecule has 1 aliphatic heterocycles. The zero-order chi connectivity index (χ0) is 11.1. The fourth-order valence-electron chi connectivity index (χ4n) is 1.54. The van der Waals surface area contributed by atoms with Crippen LogP contribution in [-0.4, -0.2) is 36.0 Å². The molecule has 2 unspecified atom stereocenters. The Morgan fingerprint density at radius 3 is 3.20 bits per heavy atom. The van der Waals surface area contributed by atoms with E-state index in [9.17, 15) is 4.79 Å². The molecule has 4 heteroatoms. The minimum absolute atomic E-state index is 0.0822. The fraction of sp³-hybridized carbons (Fsp3) is 0.727. The third kappa shape index (κ3) is 5.10. The topological polar surface area (TPSA) is 41.1 Å². The predicted octanol–water partition coefficient (Wildman–Crippen LogP) is 0.609. The zero-order valence-corrected chi connectivity index (χ0v) is 9.90. The number of carbonyl (C=O) groups excluding carboxylic acids is 1. The highest BCUT2D eigenvalue weighted by Crippen LogP contribution is 2.10. The predicted molar refractivity (Wildman–Crippen MR) is 64.8 cm³/mol. The quantitative estimate of drug-likeness (QED) is 0.690. The van der Waals surface area contributed by atoms with E-state index in [-0.39, 0.29) is 11.9 Å². The molecule has 2 N–H and O–H groups in total. The van der Waals surface area contributed by atoms with Crippen molar-refractivity contribution in [3.8, 4) is 12.3 Å². The lowest BCUT2D eigenvalue weighted by atomic mass is 10.2. The van der Waals surface area contributed by atoms with Crippen molar-refractivity contribution >= 4 is 17.7 Å². The van der Waals surface area contributed by atoms with E-state index in [0.29, 0.717) is 18.9 Å². The molecule has 0 aromatic heterocycles. The second-order valence-electron chi connectivity index (χ2n) is 3.81. The molecule has 1 fully saturated rings. The van der Waals surface area contributed by atoms with Gasteiger partial charge in [0, 0.05) is 43.0 Å². The highest BCUT2D eigenvalue weighted by molar-refractivity contribution is 7.99. The van der Waals surface area contributed by atoms with E-state index in [1.165, 1.54) is 0 Å². The van der Waals surface area contributed by atoms with Crippen molar-refractivity contribution in [2.24, 2.45) is 0 Å². The standard InChI is InChI=1S/C11H18N2OS/c1-3-4-9(2)13-11(14)7-10-8-15-6-5-12-10/h1,9-10,12H,4-8H2,2H3,(H,13,14). The van der Waals surface area contributed by atoms with Gasteiger partial charge in [0.2, 0.25) is 5.91 Å². The molecule has 0 radical (unpaired) electrons. The minimum Gasteiger partial charge on any atom is -0.353 e. The molecule has 1 heterocycles. The summed E-state index contributed by atoms with van der Waals surface area (Å²) in [6.45, 7) is 2.93. The number of hydrogen-bond donors (Lipinski definition) is 2. The average Bonchev–Trinajstić information content (AvgIpc) is 2.19. The van der Waals surface area contributed by atoms with Crippen LogP contribution in [0.4, 0.5) is 0 Å². The maximum Gasteiger partial charge on any atom is 0.221 e. The Hall–Kier alpha value is -0.660. The average molecular weight is 226 g/mol. The van der Waals surface area contributed by atoms with Crippen LogP contribution in [0, 0.1) is 12.3 Å². The SMILES string of the molecule is C#CCC(C)NC(=O)CC1CSCCN1. The zero-order valence-electron chi connectivity index (χ0n) is 9.08. The number of amides is 1. The molecule has 15 heavy (non-hydrogen) atoms. The normalized spacial score (nSPS) is 22.8. The van der Waals surface area contributed by atoms with Gasteiger partial charge in [-0.05, 0) is 6.92 Å². The van der Waals surface area contributed by atoms with Crippen LogP contribution in [-0.2, 0) is 4.79 Å². The number of nitrogens with one attached hydrogen (secondary N) is 2. The van der Waals surface area contributed by atoms with E-state index in [0.717, 1.165) is 18.1 Å². The van der Waals surface area contributed by atoms with Crippen LogP contribution in [0.15, 0.2) is 0 Å². The van der Waals surface area contributed by atoms with Gasteiger partial charge < -0.3 is 10.6 Å². The van der Waals surface area contributed by atoms with Gasteiger partial charge in [-0.15, -0.1) is 12.3 Å². The van der Waals surface area contributed by atoms with E-state index < -0.39 is 0 Å². The molecule has 0 bridgehead atoms. The highest BCUT2D eigenvalue weighted by atomic mass is 32.2. The number of terminal acetylenes is 1. The van der Waals surface area contributed by atoms with Crippen LogP contribution in [0.25, 0.3) is 0 Å². The highest BCUT2D eigenvalue weighted by Gasteiger charge is 2.17. The fourth-order valence-corrected chi connectivity index (χ4v) is 2.49. The van der Waals surface area contributed by atoms with Crippen molar-refractivity contribution in [1.82, 2.24) is 10.6 Å². The van der Waals surface area contributed by atoms with Crippen molar-refractivity contribution in [1.29, 1.82) is 0 Å². The lowest BCUT2D eigenvalue weighted by Crippen LogP contribution is -2.42. The Labute approximate surface area is 95.8 Å². The first-order chi connectivity index (χ1) is 7.22. The maximum atomic E-state index is 11.6. The molecule has 3 nitrogen and oxygen atoms in total. The van der Waals surface area contributed by atoms with Crippen molar-refractivity contribution in [3.63, 3.8) is 0 Å². The lowest BCUT2D eigenvalue weighted by molar-refractivity contribution is -0.122. The minimum atomic E-state index is 0.0822. The first-order valence-electron chi connectivity index (χ1n) is 5.26. The van der Waals surface area contributed by atoms with E-state index in [2.05, 4.69) is 16.6 Å². The molecule has 2 atom stereocenters. The van der Waals surface area contributed by atoms with Gasteiger partial charge in [-0.25, -0.2) is 0 Å². The summed E-state index contributed by atoms with van der Waals surface area (Å²) in [5.41, 5.74) is 0. The van der Waals surface area contributed by atoms with Gasteiger partial charge in [0.1, 0.15) is 0 Å². The van der Waals surface area contributed by atoms with E-state index in [1.807, 2.05) is 18.7 Å². The first kappa shape index (κ1) is 12.4. The second kappa shape index (κ2) is 6.76. The van der Waals surface area contributed by atoms with E-state index in [4.69, 9.17) is 6.42 Å². The molecule has 84 valence electrons. The largest absolute Gasteiger partial charge is 0.353 e. The first-order valence-corrected chi connectivity index (χ1v) is 6.41. The monoisotopic (exact) mass is 226 g/mol. The van der Waals surface area contributed by atoms with Crippen molar-refractivity contribution in [2.75, 3.05) is 18.1 Å². The summed E-state index contributed by atoms with van der Waals surface area (Å²) < 4.78 is 0. The summed E-state index contributed by atoms with van der Waals surface area (Å²) in [4.78, 5) is 11.6. The molecule has 0 aliphatic carbocycles. The molecule has 0 aromatic rings. The van der Waals surface area contributed by atoms with Crippen LogP contribution in [0.3, 0.4) is 0 Å². The summed E-state index contributed by atoms with van der Waals surface area (Å²) >= 11 is 1.90. The van der Waals surface area contributed by atoms with Crippen LogP contribution >= 0.6 is 11.8 Å². The van der Waals surface area contributed by atoms with Crippen molar-refractivity contribution in [3.05, 3.63) is 0 Å². The summed E-state index contributed by atoms with van der Waals surface area (Å²) in [5.74, 6) is 4.81. The summed E-state index contributed by atoms with van der Waals surface area (Å²) in [5, 5.41) is 6.23. The van der Waals surface area contributed by atoms with E-state index >= 15 is 0 Å². The van der Waals surface area contributed by atoms with Gasteiger partial charge in [-0.1, -0.05) is 0 Å². The van der Waals surface area contributed by atoms with Crippen molar-refractivity contribution < 1.29 is 4.79 Å². The number of rotatable bonds is 4. The number of hydrogen-bond acceptors (Lipinski definition) is 3. The third-order valence-corrected chi connectivity index (χ3v) is 3.39. The van der Waals surface area contributed by atoms with Gasteiger partial charge >= 0.3 is 0 Å². The number of thioether (sulfide) groups is 1. The van der Waals surface area contributed by atoms with Crippen LogP contribution in [0.2, 0.25) is 0 Å². The molecular weight excluding hydrogens is 208 g/mol. The van der Waals surface area contributed by atoms with Gasteiger partial charge in [0.15, 0.2) is 0 Å². The van der Waals surface area contributed by atoms with Gasteiger partial charge in [0.05, 0.1) is 0 Å². The van der Waals surface area contributed by atoms with Crippen LogP contribution in [0.5, 0.6) is 0 Å². The molecule has 0 spiro atoms. The van der Waals surface area contributed by atoms with Crippen LogP contribution < -0.4 is 10.6 Å². The van der Waals surface area contributed by atoms with Crippen LogP contribution in [0.1, 0.15) is 19.8 Å². The molecule has 1 amide bonds. The summed E-state index contributed by atoms with van der Waals surface area (Å²) in [6.07, 6.45) is 6.33. The third-order valence-electron chi connectivity index (χ3n) is 2.26. The molecule has 0 aromatic carbocycles.